The fourth-order valence-electron chi connectivity index (χ4n) is 3.66. The molecule has 0 aromatic carbocycles. The summed E-state index contributed by atoms with van der Waals surface area (Å²) in [7, 11) is 1.66. The minimum Gasteiger partial charge on any atom is -0.366 e. The molecule has 0 aromatic rings. The van der Waals surface area contributed by atoms with Gasteiger partial charge in [0.15, 0.2) is 11.4 Å². The molecule has 0 unspecified atom stereocenters. The highest BCUT2D eigenvalue weighted by atomic mass is 16.5. The SMILES string of the molecule is CO[C@]12C=C[C@H]([C@@H]3CC=C[C@@H]31)[C@@H](C)C2=O. The van der Waals surface area contributed by atoms with E-state index in [1.165, 1.54) is 0 Å². The molecular weight excluding hydrogens is 188 g/mol. The van der Waals surface area contributed by atoms with E-state index in [0.29, 0.717) is 11.8 Å². The molecule has 0 heterocycles. The van der Waals surface area contributed by atoms with Crippen LogP contribution < -0.4 is 0 Å². The summed E-state index contributed by atoms with van der Waals surface area (Å²) in [5.74, 6) is 1.68. The minimum atomic E-state index is -0.647. The topological polar surface area (TPSA) is 26.3 Å². The fourth-order valence-corrected chi connectivity index (χ4v) is 3.66. The van der Waals surface area contributed by atoms with Gasteiger partial charge in [0.2, 0.25) is 0 Å². The first-order valence-electron chi connectivity index (χ1n) is 5.66. The number of rotatable bonds is 1. The number of hydrogen-bond donors (Lipinski definition) is 0. The van der Waals surface area contributed by atoms with E-state index >= 15 is 0 Å². The van der Waals surface area contributed by atoms with E-state index in [2.05, 4.69) is 18.2 Å². The highest BCUT2D eigenvalue weighted by Gasteiger charge is 2.59. The fraction of sp³-hybridized carbons (Fsp3) is 0.615. The van der Waals surface area contributed by atoms with Gasteiger partial charge in [-0.1, -0.05) is 25.2 Å². The zero-order chi connectivity index (χ0) is 10.6. The lowest BCUT2D eigenvalue weighted by molar-refractivity contribution is -0.157. The number of fused-ring (bicyclic) bond motifs is 1. The summed E-state index contributed by atoms with van der Waals surface area (Å²) in [5, 5.41) is 0. The molecule has 0 spiro atoms. The van der Waals surface area contributed by atoms with Crippen molar-refractivity contribution in [2.24, 2.45) is 23.7 Å². The molecule has 5 atom stereocenters. The van der Waals surface area contributed by atoms with Crippen molar-refractivity contribution in [1.82, 2.24) is 0 Å². The largest absolute Gasteiger partial charge is 0.366 e. The number of ketones is 1. The maximum atomic E-state index is 12.3. The number of hydrogen-bond acceptors (Lipinski definition) is 2. The Hall–Kier alpha value is -0.890. The van der Waals surface area contributed by atoms with Gasteiger partial charge in [-0.2, -0.15) is 0 Å². The Labute approximate surface area is 90.0 Å². The lowest BCUT2D eigenvalue weighted by Crippen LogP contribution is -2.59. The van der Waals surface area contributed by atoms with E-state index in [4.69, 9.17) is 4.74 Å². The normalized spacial score (nSPS) is 51.2. The van der Waals surface area contributed by atoms with Gasteiger partial charge in [0, 0.05) is 18.9 Å². The molecule has 0 N–H and O–H groups in total. The Morgan fingerprint density at radius 2 is 2.27 bits per heavy atom. The quantitative estimate of drug-likeness (QED) is 0.610. The third kappa shape index (κ3) is 0.913. The summed E-state index contributed by atoms with van der Waals surface area (Å²) < 4.78 is 5.57. The predicted molar refractivity (Wildman–Crippen MR) is 57.3 cm³/mol. The Morgan fingerprint density at radius 1 is 1.47 bits per heavy atom. The van der Waals surface area contributed by atoms with Crippen molar-refractivity contribution in [2.45, 2.75) is 18.9 Å². The number of methoxy groups -OCH3 is 1. The average Bonchev–Trinajstić information content (AvgIpc) is 2.74. The van der Waals surface area contributed by atoms with Crippen LogP contribution in [-0.4, -0.2) is 18.5 Å². The number of carbonyl (C=O) groups is 1. The third-order valence-electron chi connectivity index (χ3n) is 4.48. The summed E-state index contributed by atoms with van der Waals surface area (Å²) in [6, 6.07) is 0. The van der Waals surface area contributed by atoms with Crippen molar-refractivity contribution < 1.29 is 9.53 Å². The van der Waals surface area contributed by atoms with E-state index < -0.39 is 5.60 Å². The molecule has 1 saturated carbocycles. The van der Waals surface area contributed by atoms with Gasteiger partial charge in [0.05, 0.1) is 0 Å². The lowest BCUT2D eigenvalue weighted by atomic mass is 9.56. The second-order valence-electron chi connectivity index (χ2n) is 4.94. The highest BCUT2D eigenvalue weighted by molar-refractivity contribution is 5.94. The smallest absolute Gasteiger partial charge is 0.172 e. The molecular formula is C13H16O2. The van der Waals surface area contributed by atoms with E-state index in [1.807, 2.05) is 13.0 Å². The van der Waals surface area contributed by atoms with Crippen molar-refractivity contribution in [3.63, 3.8) is 0 Å². The molecule has 0 aliphatic heterocycles. The van der Waals surface area contributed by atoms with Gasteiger partial charge >= 0.3 is 0 Å². The zero-order valence-corrected chi connectivity index (χ0v) is 9.14. The number of allylic oxidation sites excluding steroid dienone is 2. The maximum absolute atomic E-state index is 12.3. The maximum Gasteiger partial charge on any atom is 0.172 e. The summed E-state index contributed by atoms with van der Waals surface area (Å²) in [6.07, 6.45) is 9.67. The van der Waals surface area contributed by atoms with Crippen LogP contribution in [0.1, 0.15) is 13.3 Å². The van der Waals surface area contributed by atoms with Crippen molar-refractivity contribution in [3.05, 3.63) is 24.3 Å². The Bertz CT molecular complexity index is 369. The highest BCUT2D eigenvalue weighted by Crippen LogP contribution is 2.53. The van der Waals surface area contributed by atoms with Gasteiger partial charge in [-0.15, -0.1) is 0 Å². The van der Waals surface area contributed by atoms with E-state index in [1.54, 1.807) is 7.11 Å². The molecule has 0 radical (unpaired) electrons. The van der Waals surface area contributed by atoms with Crippen LogP contribution in [0.4, 0.5) is 0 Å². The first-order valence-corrected chi connectivity index (χ1v) is 5.66. The molecule has 15 heavy (non-hydrogen) atoms. The zero-order valence-electron chi connectivity index (χ0n) is 9.14. The lowest BCUT2D eigenvalue weighted by Gasteiger charge is -2.50. The third-order valence-corrected chi connectivity index (χ3v) is 4.48. The van der Waals surface area contributed by atoms with E-state index in [9.17, 15) is 4.79 Å². The molecule has 2 heteroatoms. The van der Waals surface area contributed by atoms with Gasteiger partial charge in [-0.05, 0) is 24.3 Å². The van der Waals surface area contributed by atoms with Gasteiger partial charge in [0.1, 0.15) is 0 Å². The van der Waals surface area contributed by atoms with Gasteiger partial charge in [-0.25, -0.2) is 0 Å². The van der Waals surface area contributed by atoms with Crippen LogP contribution in [0.5, 0.6) is 0 Å². The van der Waals surface area contributed by atoms with Gasteiger partial charge in [0.25, 0.3) is 0 Å². The van der Waals surface area contributed by atoms with Crippen molar-refractivity contribution in [2.75, 3.05) is 7.11 Å². The number of ether oxygens (including phenoxy) is 1. The van der Waals surface area contributed by atoms with Gasteiger partial charge in [-0.3, -0.25) is 4.79 Å². The predicted octanol–water partition coefficient (Wildman–Crippen LogP) is 1.97. The molecule has 4 aliphatic rings. The van der Waals surface area contributed by atoms with Gasteiger partial charge < -0.3 is 4.74 Å². The standard InChI is InChI=1S/C13H16O2/c1-8-9-6-7-13(15-2,12(8)14)11-5-3-4-10(9)11/h3,5-11H,4H2,1-2H3/t8-,9+,10+,11+,13-/m1/s1. The molecule has 1 fully saturated rings. The summed E-state index contributed by atoms with van der Waals surface area (Å²) in [5.41, 5.74) is -0.647. The molecule has 0 amide bonds. The number of carbonyl (C=O) groups excluding carboxylic acids is 1. The van der Waals surface area contributed by atoms with Crippen LogP contribution in [0.15, 0.2) is 24.3 Å². The minimum absolute atomic E-state index is 0.121. The van der Waals surface area contributed by atoms with E-state index in [-0.39, 0.29) is 17.6 Å². The second kappa shape index (κ2) is 2.82. The summed E-state index contributed by atoms with van der Waals surface area (Å²) in [4.78, 5) is 12.3. The van der Waals surface area contributed by atoms with Crippen molar-refractivity contribution in [1.29, 1.82) is 0 Å². The Morgan fingerprint density at radius 3 is 3.00 bits per heavy atom. The Balaban J connectivity index is 2.15. The summed E-state index contributed by atoms with van der Waals surface area (Å²) in [6.45, 7) is 2.04. The Kier molecular flexibility index (Phi) is 1.76. The van der Waals surface area contributed by atoms with Crippen molar-refractivity contribution in [3.8, 4) is 0 Å². The van der Waals surface area contributed by atoms with Crippen LogP contribution in [0.3, 0.4) is 0 Å². The average molecular weight is 204 g/mol. The molecule has 2 bridgehead atoms. The summed E-state index contributed by atoms with van der Waals surface area (Å²) >= 11 is 0. The number of Topliss-reactive ketones (excluding diaryl/α,β-unsaturated/α-hetero) is 1. The molecule has 0 saturated heterocycles. The van der Waals surface area contributed by atoms with Crippen LogP contribution in [0, 0.1) is 23.7 Å². The van der Waals surface area contributed by atoms with Crippen LogP contribution >= 0.6 is 0 Å². The van der Waals surface area contributed by atoms with Crippen LogP contribution in [-0.2, 0) is 9.53 Å². The monoisotopic (exact) mass is 204 g/mol. The first-order chi connectivity index (χ1) is 7.20. The van der Waals surface area contributed by atoms with E-state index in [0.717, 1.165) is 6.42 Å². The van der Waals surface area contributed by atoms with Crippen LogP contribution in [0.25, 0.3) is 0 Å². The van der Waals surface area contributed by atoms with Crippen LogP contribution in [0.2, 0.25) is 0 Å². The molecule has 4 rings (SSSR count). The second-order valence-corrected chi connectivity index (χ2v) is 4.94. The molecule has 80 valence electrons. The molecule has 4 aliphatic carbocycles. The first kappa shape index (κ1) is 9.34. The molecule has 2 nitrogen and oxygen atoms in total. The molecule has 0 aromatic heterocycles. The van der Waals surface area contributed by atoms with Crippen molar-refractivity contribution >= 4 is 5.78 Å².